The summed E-state index contributed by atoms with van der Waals surface area (Å²) in [4.78, 5) is 0. The van der Waals surface area contributed by atoms with Crippen molar-refractivity contribution in [2.24, 2.45) is 10.8 Å². The highest BCUT2D eigenvalue weighted by Crippen LogP contribution is 2.18. The van der Waals surface area contributed by atoms with Gasteiger partial charge in [-0.05, 0) is 0 Å². The zero-order valence-electron chi connectivity index (χ0n) is 5.87. The standard InChI is InChI=1S/C6H11N3S/c1-3-5-4(2)10-6(7)9-8-5/h3-5,8H,1H2,2H3,(H2,7,9). The molecule has 1 aliphatic rings. The van der Waals surface area contributed by atoms with Crippen LogP contribution in [0.4, 0.5) is 0 Å². The van der Waals surface area contributed by atoms with Crippen molar-refractivity contribution in [1.82, 2.24) is 5.43 Å². The van der Waals surface area contributed by atoms with Crippen LogP contribution in [0.3, 0.4) is 0 Å². The zero-order valence-corrected chi connectivity index (χ0v) is 6.69. The summed E-state index contributed by atoms with van der Waals surface area (Å²) in [7, 11) is 0. The molecule has 3 N–H and O–H groups in total. The summed E-state index contributed by atoms with van der Waals surface area (Å²) >= 11 is 1.57. The summed E-state index contributed by atoms with van der Waals surface area (Å²) < 4.78 is 0. The smallest absolute Gasteiger partial charge is 0.178 e. The van der Waals surface area contributed by atoms with Gasteiger partial charge in [-0.1, -0.05) is 24.8 Å². The average molecular weight is 157 g/mol. The molecule has 0 saturated carbocycles. The van der Waals surface area contributed by atoms with Gasteiger partial charge in [0.1, 0.15) is 0 Å². The Morgan fingerprint density at radius 3 is 3.10 bits per heavy atom. The lowest BCUT2D eigenvalue weighted by Gasteiger charge is -2.23. The van der Waals surface area contributed by atoms with Crippen molar-refractivity contribution in [3.05, 3.63) is 12.7 Å². The number of nitrogens with one attached hydrogen (secondary N) is 1. The Kier molecular flexibility index (Phi) is 2.21. The maximum atomic E-state index is 5.46. The third-order valence-corrected chi connectivity index (χ3v) is 2.39. The van der Waals surface area contributed by atoms with Crippen molar-refractivity contribution in [3.8, 4) is 0 Å². The molecule has 1 rings (SSSR count). The average Bonchev–Trinajstić information content (AvgIpc) is 1.88. The fraction of sp³-hybridized carbons (Fsp3) is 0.500. The quantitative estimate of drug-likeness (QED) is 0.545. The molecule has 1 aliphatic heterocycles. The van der Waals surface area contributed by atoms with Crippen molar-refractivity contribution < 1.29 is 0 Å². The molecule has 2 unspecified atom stereocenters. The van der Waals surface area contributed by atoms with E-state index < -0.39 is 0 Å². The van der Waals surface area contributed by atoms with Gasteiger partial charge in [-0.15, -0.1) is 6.58 Å². The maximum Gasteiger partial charge on any atom is 0.178 e. The number of rotatable bonds is 1. The van der Waals surface area contributed by atoms with Gasteiger partial charge in [0.05, 0.1) is 6.04 Å². The second-order valence-corrected chi connectivity index (χ2v) is 3.56. The summed E-state index contributed by atoms with van der Waals surface area (Å²) in [5.41, 5.74) is 8.35. The minimum Gasteiger partial charge on any atom is -0.377 e. The lowest BCUT2D eigenvalue weighted by Crippen LogP contribution is -2.38. The topological polar surface area (TPSA) is 50.4 Å². The molecule has 0 aromatic rings. The largest absolute Gasteiger partial charge is 0.377 e. The van der Waals surface area contributed by atoms with Crippen LogP contribution in [-0.4, -0.2) is 16.5 Å². The van der Waals surface area contributed by atoms with Gasteiger partial charge in [0, 0.05) is 5.25 Å². The summed E-state index contributed by atoms with van der Waals surface area (Å²) in [5, 5.41) is 4.90. The number of hydrogen-bond donors (Lipinski definition) is 2. The van der Waals surface area contributed by atoms with Crippen LogP contribution in [0.25, 0.3) is 0 Å². The van der Waals surface area contributed by atoms with Crippen LogP contribution < -0.4 is 11.2 Å². The van der Waals surface area contributed by atoms with E-state index in [9.17, 15) is 0 Å². The summed E-state index contributed by atoms with van der Waals surface area (Å²) in [6.07, 6.45) is 1.84. The molecule has 0 saturated heterocycles. The van der Waals surface area contributed by atoms with Crippen molar-refractivity contribution in [2.75, 3.05) is 0 Å². The molecular weight excluding hydrogens is 146 g/mol. The number of hydrogen-bond acceptors (Lipinski definition) is 4. The van der Waals surface area contributed by atoms with Crippen molar-refractivity contribution in [3.63, 3.8) is 0 Å². The number of nitrogens with zero attached hydrogens (tertiary/aromatic N) is 1. The molecule has 4 heteroatoms. The molecule has 56 valence electrons. The third-order valence-electron chi connectivity index (χ3n) is 1.39. The molecule has 0 bridgehead atoms. The normalized spacial score (nSPS) is 32.3. The van der Waals surface area contributed by atoms with Crippen LogP contribution in [0.2, 0.25) is 0 Å². The molecule has 0 radical (unpaired) electrons. The molecule has 0 spiro atoms. The van der Waals surface area contributed by atoms with Gasteiger partial charge in [-0.2, -0.15) is 5.10 Å². The Bertz CT molecular complexity index is 166. The Hall–Kier alpha value is -0.640. The molecule has 0 aromatic heterocycles. The summed E-state index contributed by atoms with van der Waals surface area (Å²) in [5.74, 6) is 0. The highest BCUT2D eigenvalue weighted by molar-refractivity contribution is 8.14. The van der Waals surface area contributed by atoms with E-state index >= 15 is 0 Å². The highest BCUT2D eigenvalue weighted by Gasteiger charge is 2.19. The van der Waals surface area contributed by atoms with E-state index in [-0.39, 0.29) is 6.04 Å². The van der Waals surface area contributed by atoms with Gasteiger partial charge in [-0.25, -0.2) is 0 Å². The number of nitrogens with two attached hydrogens (primary N) is 1. The highest BCUT2D eigenvalue weighted by atomic mass is 32.2. The first-order valence-corrected chi connectivity index (χ1v) is 4.00. The van der Waals surface area contributed by atoms with Crippen molar-refractivity contribution >= 4 is 16.9 Å². The van der Waals surface area contributed by atoms with Crippen molar-refractivity contribution in [1.29, 1.82) is 0 Å². The van der Waals surface area contributed by atoms with E-state index in [1.807, 2.05) is 6.08 Å². The molecule has 10 heavy (non-hydrogen) atoms. The molecule has 0 fully saturated rings. The monoisotopic (exact) mass is 157 g/mol. The number of amidine groups is 1. The Morgan fingerprint density at radius 2 is 2.60 bits per heavy atom. The number of hydrazone groups is 1. The van der Waals surface area contributed by atoms with Crippen LogP contribution in [0.15, 0.2) is 17.8 Å². The first-order chi connectivity index (χ1) is 4.74. The van der Waals surface area contributed by atoms with E-state index in [4.69, 9.17) is 5.73 Å². The summed E-state index contributed by atoms with van der Waals surface area (Å²) in [6.45, 7) is 5.76. The fourth-order valence-electron chi connectivity index (χ4n) is 0.778. The predicted octanol–water partition coefficient (Wildman–Crippen LogP) is 0.496. The van der Waals surface area contributed by atoms with Crippen LogP contribution >= 0.6 is 11.8 Å². The van der Waals surface area contributed by atoms with Gasteiger partial charge in [-0.3, -0.25) is 5.43 Å². The van der Waals surface area contributed by atoms with Gasteiger partial charge in [0.15, 0.2) is 5.17 Å². The van der Waals surface area contributed by atoms with Gasteiger partial charge in [0.25, 0.3) is 0 Å². The first kappa shape index (κ1) is 7.47. The van der Waals surface area contributed by atoms with Crippen LogP contribution in [0.1, 0.15) is 6.92 Å². The SMILES string of the molecule is C=CC1NN=C(N)SC1C. The van der Waals surface area contributed by atoms with Gasteiger partial charge >= 0.3 is 0 Å². The minimum atomic E-state index is 0.247. The Balaban J connectivity index is 2.60. The molecular formula is C6H11N3S. The Morgan fingerprint density at radius 1 is 1.90 bits per heavy atom. The maximum absolute atomic E-state index is 5.46. The molecule has 0 aromatic carbocycles. The second-order valence-electron chi connectivity index (χ2n) is 2.16. The molecule has 0 amide bonds. The molecule has 0 aliphatic carbocycles. The van der Waals surface area contributed by atoms with Gasteiger partial charge < -0.3 is 5.73 Å². The van der Waals surface area contributed by atoms with E-state index in [1.54, 1.807) is 11.8 Å². The zero-order chi connectivity index (χ0) is 7.56. The number of thioether (sulfide) groups is 1. The molecule has 2 atom stereocenters. The van der Waals surface area contributed by atoms with Crippen LogP contribution in [0.5, 0.6) is 0 Å². The fourth-order valence-corrected chi connectivity index (χ4v) is 1.58. The first-order valence-electron chi connectivity index (χ1n) is 3.12. The summed E-state index contributed by atoms with van der Waals surface area (Å²) in [6, 6.07) is 0.247. The van der Waals surface area contributed by atoms with Crippen LogP contribution in [0, 0.1) is 0 Å². The minimum absolute atomic E-state index is 0.247. The predicted molar refractivity (Wildman–Crippen MR) is 45.8 cm³/mol. The van der Waals surface area contributed by atoms with Gasteiger partial charge in [0.2, 0.25) is 0 Å². The molecule has 1 heterocycles. The second kappa shape index (κ2) is 2.96. The van der Waals surface area contributed by atoms with E-state index in [2.05, 4.69) is 24.0 Å². The van der Waals surface area contributed by atoms with E-state index in [0.29, 0.717) is 10.4 Å². The van der Waals surface area contributed by atoms with Crippen molar-refractivity contribution in [2.45, 2.75) is 18.2 Å². The van der Waals surface area contributed by atoms with Crippen LogP contribution in [-0.2, 0) is 0 Å². The molecule has 3 nitrogen and oxygen atoms in total. The lowest BCUT2D eigenvalue weighted by atomic mass is 10.2. The third kappa shape index (κ3) is 1.44. The Labute approximate surface area is 64.7 Å². The lowest BCUT2D eigenvalue weighted by molar-refractivity contribution is 0.613. The van der Waals surface area contributed by atoms with E-state index in [1.165, 1.54) is 0 Å². The van der Waals surface area contributed by atoms with E-state index in [0.717, 1.165) is 0 Å².